The summed E-state index contributed by atoms with van der Waals surface area (Å²) in [4.78, 5) is 20.1. The van der Waals surface area contributed by atoms with Gasteiger partial charge in [0.2, 0.25) is 5.82 Å². The number of piperidine rings is 1. The fourth-order valence-corrected chi connectivity index (χ4v) is 5.65. The molecule has 2 aliphatic heterocycles. The van der Waals surface area contributed by atoms with Crippen LogP contribution in [0, 0.1) is 11.3 Å². The molecular formula is C32H28N8O. The van der Waals surface area contributed by atoms with Gasteiger partial charge in [-0.05, 0) is 30.5 Å². The lowest BCUT2D eigenvalue weighted by molar-refractivity contribution is 0.211. The normalized spacial score (nSPS) is 14.9. The molecule has 0 spiro atoms. The summed E-state index contributed by atoms with van der Waals surface area (Å²) in [6.07, 6.45) is 7.23. The molecule has 202 valence electrons. The molecule has 1 saturated heterocycles. The average Bonchev–Trinajstić information content (AvgIpc) is 3.43. The second-order valence-corrected chi connectivity index (χ2v) is 10.3. The van der Waals surface area contributed by atoms with Crippen molar-refractivity contribution in [2.24, 2.45) is 0 Å². The Morgan fingerprint density at radius 3 is 2.56 bits per heavy atom. The van der Waals surface area contributed by atoms with Crippen LogP contribution in [-0.4, -0.2) is 48.5 Å². The molecule has 0 aliphatic carbocycles. The average molecular weight is 541 g/mol. The fourth-order valence-electron chi connectivity index (χ4n) is 5.65. The molecule has 0 radical (unpaired) electrons. The van der Waals surface area contributed by atoms with Crippen molar-refractivity contribution < 1.29 is 4.74 Å². The predicted molar refractivity (Wildman–Crippen MR) is 156 cm³/mol. The van der Waals surface area contributed by atoms with E-state index in [9.17, 15) is 0 Å². The van der Waals surface area contributed by atoms with Gasteiger partial charge in [-0.15, -0.1) is 0 Å². The Morgan fingerprint density at radius 2 is 1.76 bits per heavy atom. The zero-order valence-electron chi connectivity index (χ0n) is 22.4. The fraction of sp³-hybridized carbons (Fsp3) is 0.219. The maximum Gasteiger partial charge on any atom is 0.234 e. The Labute approximate surface area is 238 Å². The molecule has 9 heteroatoms. The van der Waals surface area contributed by atoms with Crippen molar-refractivity contribution in [1.82, 2.24) is 29.4 Å². The van der Waals surface area contributed by atoms with Crippen LogP contribution in [0.3, 0.4) is 0 Å². The predicted octanol–water partition coefficient (Wildman–Crippen LogP) is 5.37. The topological polar surface area (TPSA) is 105 Å². The highest BCUT2D eigenvalue weighted by molar-refractivity contribution is 5.83. The molecule has 7 rings (SSSR count). The van der Waals surface area contributed by atoms with Gasteiger partial charge in [-0.1, -0.05) is 54.6 Å². The van der Waals surface area contributed by atoms with Gasteiger partial charge in [0.25, 0.3) is 0 Å². The molecule has 9 nitrogen and oxygen atoms in total. The minimum absolute atomic E-state index is 0.192. The Morgan fingerprint density at radius 1 is 0.927 bits per heavy atom. The number of hydrogen-bond acceptors (Lipinski definition) is 8. The number of nitriles is 1. The summed E-state index contributed by atoms with van der Waals surface area (Å²) in [5.41, 5.74) is 6.34. The van der Waals surface area contributed by atoms with Crippen molar-refractivity contribution in [2.75, 3.05) is 18.4 Å². The third-order valence-corrected chi connectivity index (χ3v) is 7.71. The van der Waals surface area contributed by atoms with Crippen molar-refractivity contribution in [3.63, 3.8) is 0 Å². The molecule has 2 aliphatic rings. The minimum atomic E-state index is 0.192. The highest BCUT2D eigenvalue weighted by Crippen LogP contribution is 2.41. The van der Waals surface area contributed by atoms with Gasteiger partial charge in [-0.25, -0.2) is 15.0 Å². The molecule has 5 heterocycles. The molecule has 0 saturated carbocycles. The number of pyridine rings is 1. The van der Waals surface area contributed by atoms with Crippen LogP contribution in [0.5, 0.6) is 5.75 Å². The number of nitrogens with one attached hydrogen (secondary N) is 1. The van der Waals surface area contributed by atoms with Crippen molar-refractivity contribution in [3.05, 3.63) is 96.7 Å². The number of ether oxygens (including phenoxy) is 1. The lowest BCUT2D eigenvalue weighted by atomic mass is 10.0. The quantitative estimate of drug-likeness (QED) is 0.307. The number of fused-ring (bicyclic) bond motifs is 3. The monoisotopic (exact) mass is 540 g/mol. The second kappa shape index (κ2) is 10.8. The Hall–Kier alpha value is -5.07. The molecule has 0 amide bonds. The molecule has 1 N–H and O–H groups in total. The largest absolute Gasteiger partial charge is 0.472 e. The van der Waals surface area contributed by atoms with Crippen LogP contribution in [0.2, 0.25) is 0 Å². The Kier molecular flexibility index (Phi) is 6.59. The lowest BCUT2D eigenvalue weighted by Crippen LogP contribution is -2.38. The van der Waals surface area contributed by atoms with Crippen molar-refractivity contribution in [2.45, 2.75) is 32.2 Å². The minimum Gasteiger partial charge on any atom is -0.472 e. The molecule has 0 atom stereocenters. The highest BCUT2D eigenvalue weighted by Gasteiger charge is 2.26. The SMILES string of the molecule is N#Cc1nccc(NC2CCN(Cc3ccc(-c4nc5n(c4-c4ccccc4)COc4ccncc4-5)cc3)CC2)n1. The summed E-state index contributed by atoms with van der Waals surface area (Å²) in [7, 11) is 0. The number of benzene rings is 2. The first-order valence-electron chi connectivity index (χ1n) is 13.8. The van der Waals surface area contributed by atoms with Gasteiger partial charge in [-0.2, -0.15) is 5.26 Å². The molecule has 1 fully saturated rings. The third kappa shape index (κ3) is 5.01. The van der Waals surface area contributed by atoms with Crippen LogP contribution in [0.4, 0.5) is 5.82 Å². The number of rotatable bonds is 6. The summed E-state index contributed by atoms with van der Waals surface area (Å²) in [6.45, 7) is 3.30. The van der Waals surface area contributed by atoms with Gasteiger partial charge in [0.15, 0.2) is 6.73 Å². The van der Waals surface area contributed by atoms with Crippen molar-refractivity contribution in [3.8, 4) is 45.7 Å². The zero-order valence-corrected chi connectivity index (χ0v) is 22.4. The molecule has 0 unspecified atom stereocenters. The van der Waals surface area contributed by atoms with Crippen LogP contribution in [0.15, 0.2) is 85.3 Å². The van der Waals surface area contributed by atoms with Gasteiger partial charge in [0.05, 0.1) is 17.0 Å². The molecule has 5 aromatic rings. The van der Waals surface area contributed by atoms with E-state index < -0.39 is 0 Å². The highest BCUT2D eigenvalue weighted by atomic mass is 16.5. The lowest BCUT2D eigenvalue weighted by Gasteiger charge is -2.32. The van der Waals surface area contributed by atoms with Gasteiger partial charge in [0, 0.05) is 55.4 Å². The smallest absolute Gasteiger partial charge is 0.234 e. The van der Waals surface area contributed by atoms with E-state index in [1.165, 1.54) is 5.56 Å². The first kappa shape index (κ1) is 24.9. The van der Waals surface area contributed by atoms with E-state index in [4.69, 9.17) is 15.0 Å². The van der Waals surface area contributed by atoms with E-state index in [-0.39, 0.29) is 5.82 Å². The number of imidazole rings is 1. The summed E-state index contributed by atoms with van der Waals surface area (Å²) < 4.78 is 8.21. The van der Waals surface area contributed by atoms with E-state index in [1.807, 2.05) is 30.5 Å². The van der Waals surface area contributed by atoms with Crippen molar-refractivity contribution in [1.29, 1.82) is 5.26 Å². The zero-order chi connectivity index (χ0) is 27.6. The third-order valence-electron chi connectivity index (χ3n) is 7.71. The number of anilines is 1. The van der Waals surface area contributed by atoms with Crippen LogP contribution in [0.25, 0.3) is 33.9 Å². The molecule has 2 aromatic carbocycles. The van der Waals surface area contributed by atoms with E-state index in [0.29, 0.717) is 18.6 Å². The molecule has 3 aromatic heterocycles. The van der Waals surface area contributed by atoms with E-state index >= 15 is 0 Å². The number of aromatic nitrogens is 5. The van der Waals surface area contributed by atoms with Crippen molar-refractivity contribution >= 4 is 5.82 Å². The van der Waals surface area contributed by atoms with Crippen LogP contribution < -0.4 is 10.1 Å². The molecule has 41 heavy (non-hydrogen) atoms. The maximum atomic E-state index is 9.04. The molecular weight excluding hydrogens is 512 g/mol. The summed E-state index contributed by atoms with van der Waals surface area (Å²) >= 11 is 0. The Bertz CT molecular complexity index is 1720. The van der Waals surface area contributed by atoms with E-state index in [0.717, 1.165) is 72.1 Å². The standard InChI is InChI=1S/C32H28N8O/c33-18-29-35-15-11-28(37-29)36-25-12-16-39(17-13-25)20-22-6-8-23(9-7-22)30-31(24-4-2-1-3-5-24)40-21-41-27-10-14-34-19-26(27)32(40)38-30/h1-11,14-15,19,25H,12-13,16-17,20-21H2,(H,35,36,37). The molecule has 0 bridgehead atoms. The number of likely N-dealkylation sites (tertiary alicyclic amines) is 1. The number of hydrogen-bond donors (Lipinski definition) is 1. The van der Waals surface area contributed by atoms with Gasteiger partial charge in [-0.3, -0.25) is 14.5 Å². The van der Waals surface area contributed by atoms with Gasteiger partial charge < -0.3 is 10.1 Å². The van der Waals surface area contributed by atoms with Gasteiger partial charge >= 0.3 is 0 Å². The number of nitrogens with zero attached hydrogens (tertiary/aromatic N) is 7. The van der Waals surface area contributed by atoms with Crippen LogP contribution >= 0.6 is 0 Å². The first-order valence-corrected chi connectivity index (χ1v) is 13.8. The summed E-state index contributed by atoms with van der Waals surface area (Å²) in [6, 6.07) is 25.2. The van der Waals surface area contributed by atoms with Crippen LogP contribution in [0.1, 0.15) is 24.2 Å². The Balaban J connectivity index is 1.08. The summed E-state index contributed by atoms with van der Waals surface area (Å²) in [5.74, 6) is 2.59. The van der Waals surface area contributed by atoms with Gasteiger partial charge in [0.1, 0.15) is 23.5 Å². The van der Waals surface area contributed by atoms with Crippen LogP contribution in [-0.2, 0) is 13.3 Å². The maximum absolute atomic E-state index is 9.04. The first-order chi connectivity index (χ1) is 20.2. The second-order valence-electron chi connectivity index (χ2n) is 10.3. The van der Waals surface area contributed by atoms with E-state index in [1.54, 1.807) is 12.4 Å². The summed E-state index contributed by atoms with van der Waals surface area (Å²) in [5, 5.41) is 12.5. The van der Waals surface area contributed by atoms with E-state index in [2.05, 4.69) is 78.3 Å².